The van der Waals surface area contributed by atoms with Crippen molar-refractivity contribution in [2.45, 2.75) is 19.8 Å². The Balaban J connectivity index is 1.89. The molecular formula is C25H20. The van der Waals surface area contributed by atoms with Gasteiger partial charge in [-0.25, -0.2) is 0 Å². The van der Waals surface area contributed by atoms with Gasteiger partial charge in [-0.15, -0.1) is 0 Å². The molecule has 0 N–H and O–H groups in total. The van der Waals surface area contributed by atoms with E-state index in [0.717, 1.165) is 0 Å². The number of hydrogen-bond donors (Lipinski definition) is 0. The SMILES string of the molecule is CC(C)c1ccc(-c2cc3cccc4ccc5cccc2c5c43)cc1. The van der Waals surface area contributed by atoms with Gasteiger partial charge in [0.1, 0.15) is 0 Å². The van der Waals surface area contributed by atoms with Crippen molar-refractivity contribution in [2.24, 2.45) is 0 Å². The lowest BCUT2D eigenvalue weighted by Crippen LogP contribution is -1.89. The Morgan fingerprint density at radius 3 is 1.96 bits per heavy atom. The molecule has 0 aliphatic rings. The van der Waals surface area contributed by atoms with Gasteiger partial charge in [0.15, 0.2) is 0 Å². The Kier molecular flexibility index (Phi) is 3.08. The summed E-state index contributed by atoms with van der Waals surface area (Å²) in [5, 5.41) is 8.09. The molecule has 0 radical (unpaired) electrons. The lowest BCUT2D eigenvalue weighted by Gasteiger charge is -2.15. The maximum atomic E-state index is 2.36. The first kappa shape index (κ1) is 14.5. The van der Waals surface area contributed by atoms with Gasteiger partial charge < -0.3 is 0 Å². The van der Waals surface area contributed by atoms with Crippen LogP contribution < -0.4 is 0 Å². The molecule has 0 bridgehead atoms. The third-order valence-corrected chi connectivity index (χ3v) is 5.40. The Morgan fingerprint density at radius 2 is 1.24 bits per heavy atom. The molecule has 0 saturated carbocycles. The minimum absolute atomic E-state index is 0.562. The molecule has 5 rings (SSSR count). The van der Waals surface area contributed by atoms with Gasteiger partial charge in [-0.2, -0.15) is 0 Å². The summed E-state index contributed by atoms with van der Waals surface area (Å²) < 4.78 is 0. The fourth-order valence-electron chi connectivity index (χ4n) is 4.05. The van der Waals surface area contributed by atoms with Gasteiger partial charge in [0.25, 0.3) is 0 Å². The Morgan fingerprint density at radius 1 is 0.600 bits per heavy atom. The van der Waals surface area contributed by atoms with Crippen molar-refractivity contribution >= 4 is 32.3 Å². The monoisotopic (exact) mass is 320 g/mol. The van der Waals surface area contributed by atoms with Gasteiger partial charge in [0.2, 0.25) is 0 Å². The first-order valence-corrected chi connectivity index (χ1v) is 8.99. The number of benzene rings is 5. The van der Waals surface area contributed by atoms with Gasteiger partial charge in [0, 0.05) is 0 Å². The van der Waals surface area contributed by atoms with Crippen LogP contribution >= 0.6 is 0 Å². The van der Waals surface area contributed by atoms with Gasteiger partial charge in [0.05, 0.1) is 0 Å². The Labute approximate surface area is 148 Å². The van der Waals surface area contributed by atoms with Crippen LogP contribution in [0.15, 0.2) is 78.9 Å². The minimum Gasteiger partial charge on any atom is -0.0610 e. The zero-order valence-corrected chi connectivity index (χ0v) is 14.6. The molecule has 0 fully saturated rings. The second kappa shape index (κ2) is 5.32. The average molecular weight is 320 g/mol. The molecule has 25 heavy (non-hydrogen) atoms. The summed E-state index contributed by atoms with van der Waals surface area (Å²) >= 11 is 0. The summed E-state index contributed by atoms with van der Waals surface area (Å²) in [4.78, 5) is 0. The number of hydrogen-bond acceptors (Lipinski definition) is 0. The molecule has 0 nitrogen and oxygen atoms in total. The van der Waals surface area contributed by atoms with Crippen LogP contribution in [0.3, 0.4) is 0 Å². The maximum Gasteiger partial charge on any atom is -0.00206 e. The summed E-state index contributed by atoms with van der Waals surface area (Å²) in [5.74, 6) is 0.562. The molecule has 120 valence electrons. The van der Waals surface area contributed by atoms with Crippen LogP contribution in [0.1, 0.15) is 25.3 Å². The zero-order chi connectivity index (χ0) is 17.0. The van der Waals surface area contributed by atoms with E-state index >= 15 is 0 Å². The first-order chi connectivity index (χ1) is 12.2. The summed E-state index contributed by atoms with van der Waals surface area (Å²) in [7, 11) is 0. The van der Waals surface area contributed by atoms with Crippen molar-refractivity contribution in [2.75, 3.05) is 0 Å². The van der Waals surface area contributed by atoms with E-state index in [-0.39, 0.29) is 0 Å². The molecule has 0 unspecified atom stereocenters. The van der Waals surface area contributed by atoms with Crippen LogP contribution in [-0.2, 0) is 0 Å². The van der Waals surface area contributed by atoms with Crippen molar-refractivity contribution in [1.29, 1.82) is 0 Å². The molecule has 5 aromatic carbocycles. The van der Waals surface area contributed by atoms with E-state index in [1.54, 1.807) is 0 Å². The van der Waals surface area contributed by atoms with Crippen LogP contribution in [0.5, 0.6) is 0 Å². The maximum absolute atomic E-state index is 2.36. The van der Waals surface area contributed by atoms with E-state index in [2.05, 4.69) is 92.7 Å². The first-order valence-electron chi connectivity index (χ1n) is 8.99. The fourth-order valence-corrected chi connectivity index (χ4v) is 4.05. The van der Waals surface area contributed by atoms with E-state index in [0.29, 0.717) is 5.92 Å². The highest BCUT2D eigenvalue weighted by molar-refractivity contribution is 6.26. The molecule has 0 spiro atoms. The zero-order valence-electron chi connectivity index (χ0n) is 14.6. The molecule has 0 aromatic heterocycles. The highest BCUT2D eigenvalue weighted by Gasteiger charge is 2.12. The number of rotatable bonds is 2. The molecule has 0 aliphatic heterocycles. The molecule has 0 saturated heterocycles. The summed E-state index contributed by atoms with van der Waals surface area (Å²) in [6.45, 7) is 4.49. The Hall–Kier alpha value is -2.86. The normalized spacial score (nSPS) is 12.0. The molecule has 0 atom stereocenters. The second-order valence-electron chi connectivity index (χ2n) is 7.25. The van der Waals surface area contributed by atoms with Crippen LogP contribution in [0.2, 0.25) is 0 Å². The summed E-state index contributed by atoms with van der Waals surface area (Å²) in [6, 6.07) is 29.2. The third-order valence-electron chi connectivity index (χ3n) is 5.40. The largest absolute Gasteiger partial charge is 0.0610 e. The smallest absolute Gasteiger partial charge is 0.00206 e. The van der Waals surface area contributed by atoms with Crippen molar-refractivity contribution in [1.82, 2.24) is 0 Å². The molecule has 0 aliphatic carbocycles. The van der Waals surface area contributed by atoms with Gasteiger partial charge >= 0.3 is 0 Å². The lowest BCUT2D eigenvalue weighted by atomic mass is 9.88. The standard InChI is InChI=1S/C25H20/c1-16(2)17-9-11-18(12-10-17)23-15-21-7-3-5-19-13-14-20-6-4-8-22(23)25(20)24(19)21/h3-16H,1-2H3. The van der Waals surface area contributed by atoms with Gasteiger partial charge in [-0.05, 0) is 61.0 Å². The molecule has 5 aromatic rings. The predicted octanol–water partition coefficient (Wildman–Crippen LogP) is 7.37. The van der Waals surface area contributed by atoms with E-state index in [1.165, 1.54) is 49.0 Å². The van der Waals surface area contributed by atoms with E-state index < -0.39 is 0 Å². The minimum atomic E-state index is 0.562. The highest BCUT2D eigenvalue weighted by Crippen LogP contribution is 2.40. The van der Waals surface area contributed by atoms with E-state index in [4.69, 9.17) is 0 Å². The third kappa shape index (κ3) is 2.14. The molecule has 0 heterocycles. The fraction of sp³-hybridized carbons (Fsp3) is 0.120. The van der Waals surface area contributed by atoms with Crippen LogP contribution in [0.25, 0.3) is 43.4 Å². The summed E-state index contributed by atoms with van der Waals surface area (Å²) in [5.41, 5.74) is 4.01. The predicted molar refractivity (Wildman–Crippen MR) is 110 cm³/mol. The highest BCUT2D eigenvalue weighted by atomic mass is 14.2. The molecule has 0 amide bonds. The second-order valence-corrected chi connectivity index (χ2v) is 7.25. The van der Waals surface area contributed by atoms with Crippen molar-refractivity contribution in [3.63, 3.8) is 0 Å². The van der Waals surface area contributed by atoms with Crippen LogP contribution in [0, 0.1) is 0 Å². The van der Waals surface area contributed by atoms with Gasteiger partial charge in [-0.1, -0.05) is 86.6 Å². The lowest BCUT2D eigenvalue weighted by molar-refractivity contribution is 0.867. The summed E-state index contributed by atoms with van der Waals surface area (Å²) in [6.07, 6.45) is 0. The van der Waals surface area contributed by atoms with Gasteiger partial charge in [-0.3, -0.25) is 0 Å². The van der Waals surface area contributed by atoms with E-state index in [1.807, 2.05) is 0 Å². The van der Waals surface area contributed by atoms with Crippen molar-refractivity contribution in [3.05, 3.63) is 84.4 Å². The van der Waals surface area contributed by atoms with Crippen LogP contribution in [-0.4, -0.2) is 0 Å². The van der Waals surface area contributed by atoms with Crippen LogP contribution in [0.4, 0.5) is 0 Å². The Bertz CT molecular complexity index is 1190. The topological polar surface area (TPSA) is 0 Å². The quantitative estimate of drug-likeness (QED) is 0.298. The van der Waals surface area contributed by atoms with Crippen molar-refractivity contribution < 1.29 is 0 Å². The average Bonchev–Trinajstić information content (AvgIpc) is 2.66. The molecule has 0 heteroatoms. The van der Waals surface area contributed by atoms with Crippen molar-refractivity contribution in [3.8, 4) is 11.1 Å². The molecular weight excluding hydrogens is 300 g/mol. The van der Waals surface area contributed by atoms with E-state index in [9.17, 15) is 0 Å².